The number of aryl methyl sites for hydroxylation is 1. The van der Waals surface area contributed by atoms with Gasteiger partial charge in [0.2, 0.25) is 0 Å². The number of carbonyl (C=O) groups is 1. The number of carbonyl (C=O) groups excluding carboxylic acids is 1. The van der Waals surface area contributed by atoms with Gasteiger partial charge in [0.25, 0.3) is 0 Å². The van der Waals surface area contributed by atoms with Crippen LogP contribution in [-0.4, -0.2) is 22.1 Å². The number of nitrogens with zero attached hydrogens (tertiary/aromatic N) is 2. The molecule has 29 heavy (non-hydrogen) atoms. The lowest BCUT2D eigenvalue weighted by atomic mass is 10.0. The summed E-state index contributed by atoms with van der Waals surface area (Å²) in [4.78, 5) is 16.8. The average Bonchev–Trinajstić information content (AvgIpc) is 3.05. The van der Waals surface area contributed by atoms with E-state index < -0.39 is 5.97 Å². The summed E-state index contributed by atoms with van der Waals surface area (Å²) in [7, 11) is 0. The zero-order valence-electron chi connectivity index (χ0n) is 16.4. The molecule has 0 bridgehead atoms. The first kappa shape index (κ1) is 18.9. The molecule has 4 aromatic rings. The number of hydrogen-bond donors (Lipinski definition) is 0. The fourth-order valence-corrected chi connectivity index (χ4v) is 3.49. The number of benzene rings is 3. The Morgan fingerprint density at radius 2 is 1.83 bits per heavy atom. The van der Waals surface area contributed by atoms with E-state index in [2.05, 4.69) is 4.98 Å². The summed E-state index contributed by atoms with van der Waals surface area (Å²) in [5.74, 6) is 0.0404. The molecular weight excluding hydrogens is 367 g/mol. The third kappa shape index (κ3) is 3.63. The van der Waals surface area contributed by atoms with Crippen LogP contribution in [0.2, 0.25) is 0 Å². The fourth-order valence-electron chi connectivity index (χ4n) is 3.49. The predicted octanol–water partition coefficient (Wildman–Crippen LogP) is 5.38. The van der Waals surface area contributed by atoms with E-state index in [0.29, 0.717) is 35.6 Å². The fraction of sp³-hybridized carbons (Fsp3) is 0.167. The highest BCUT2D eigenvalue weighted by atomic mass is 19.1. The molecule has 0 saturated heterocycles. The standard InChI is InChI=1S/C24H21FN2O2/c1-3-29-24(28)20-10-7-11-22-23(20)26-16(2)27(22)15-19-13-12-18(14-21(19)25)17-8-5-4-6-9-17/h4-14H,3,15H2,1-2H3. The van der Waals surface area contributed by atoms with Crippen LogP contribution in [-0.2, 0) is 11.3 Å². The van der Waals surface area contributed by atoms with E-state index in [-0.39, 0.29) is 5.82 Å². The maximum atomic E-state index is 14.9. The molecule has 1 aromatic heterocycles. The second-order valence-electron chi connectivity index (χ2n) is 6.81. The van der Waals surface area contributed by atoms with E-state index in [9.17, 15) is 9.18 Å². The monoisotopic (exact) mass is 388 g/mol. The number of imidazole rings is 1. The first-order valence-corrected chi connectivity index (χ1v) is 9.55. The summed E-state index contributed by atoms with van der Waals surface area (Å²) in [5.41, 5.74) is 4.15. The largest absolute Gasteiger partial charge is 0.462 e. The van der Waals surface area contributed by atoms with Crippen molar-refractivity contribution in [3.05, 3.63) is 89.5 Å². The van der Waals surface area contributed by atoms with Crippen molar-refractivity contribution in [1.29, 1.82) is 0 Å². The number of rotatable bonds is 5. The van der Waals surface area contributed by atoms with E-state index in [1.54, 1.807) is 31.2 Å². The lowest BCUT2D eigenvalue weighted by Crippen LogP contribution is -2.06. The van der Waals surface area contributed by atoms with Crippen molar-refractivity contribution in [1.82, 2.24) is 9.55 Å². The smallest absolute Gasteiger partial charge is 0.340 e. The molecule has 4 nitrogen and oxygen atoms in total. The molecule has 3 aromatic carbocycles. The summed E-state index contributed by atoms with van der Waals surface area (Å²) in [6.07, 6.45) is 0. The maximum Gasteiger partial charge on any atom is 0.340 e. The number of esters is 1. The third-order valence-corrected chi connectivity index (χ3v) is 4.95. The lowest BCUT2D eigenvalue weighted by molar-refractivity contribution is 0.0528. The molecule has 0 saturated carbocycles. The van der Waals surface area contributed by atoms with E-state index in [4.69, 9.17) is 4.74 Å². The van der Waals surface area contributed by atoms with Gasteiger partial charge in [0.1, 0.15) is 17.2 Å². The van der Waals surface area contributed by atoms with Gasteiger partial charge in [0, 0.05) is 5.56 Å². The quantitative estimate of drug-likeness (QED) is 0.431. The highest BCUT2D eigenvalue weighted by Crippen LogP contribution is 2.25. The van der Waals surface area contributed by atoms with Crippen molar-refractivity contribution in [3.63, 3.8) is 0 Å². The van der Waals surface area contributed by atoms with Crippen LogP contribution in [0.4, 0.5) is 4.39 Å². The summed E-state index contributed by atoms with van der Waals surface area (Å²) < 4.78 is 21.9. The zero-order chi connectivity index (χ0) is 20.4. The van der Waals surface area contributed by atoms with Crippen molar-refractivity contribution >= 4 is 17.0 Å². The molecule has 0 fully saturated rings. The van der Waals surface area contributed by atoms with Crippen LogP contribution < -0.4 is 0 Å². The summed E-state index contributed by atoms with van der Waals surface area (Å²) in [5, 5.41) is 0. The molecule has 0 atom stereocenters. The van der Waals surface area contributed by atoms with Crippen LogP contribution in [0.1, 0.15) is 28.7 Å². The Labute approximate surface area is 168 Å². The van der Waals surface area contributed by atoms with Gasteiger partial charge in [-0.1, -0.05) is 48.5 Å². The van der Waals surface area contributed by atoms with Crippen LogP contribution in [0.5, 0.6) is 0 Å². The van der Waals surface area contributed by atoms with Crippen molar-refractivity contribution in [2.75, 3.05) is 6.61 Å². The molecule has 0 N–H and O–H groups in total. The van der Waals surface area contributed by atoms with E-state index in [1.165, 1.54) is 0 Å². The first-order valence-electron chi connectivity index (χ1n) is 9.55. The minimum absolute atomic E-state index is 0.269. The van der Waals surface area contributed by atoms with Crippen LogP contribution in [0.25, 0.3) is 22.2 Å². The maximum absolute atomic E-state index is 14.9. The molecule has 4 rings (SSSR count). The molecule has 146 valence electrons. The molecule has 0 radical (unpaired) electrons. The van der Waals surface area contributed by atoms with E-state index in [0.717, 1.165) is 16.6 Å². The second-order valence-corrected chi connectivity index (χ2v) is 6.81. The molecule has 1 heterocycles. The predicted molar refractivity (Wildman–Crippen MR) is 111 cm³/mol. The van der Waals surface area contributed by atoms with Crippen molar-refractivity contribution in [3.8, 4) is 11.1 Å². The summed E-state index contributed by atoms with van der Waals surface area (Å²) >= 11 is 0. The van der Waals surface area contributed by atoms with Crippen LogP contribution in [0.3, 0.4) is 0 Å². The number of halogens is 1. The Kier molecular flexibility index (Phi) is 5.12. The Hall–Kier alpha value is -3.47. The molecule has 0 unspecified atom stereocenters. The third-order valence-electron chi connectivity index (χ3n) is 4.95. The highest BCUT2D eigenvalue weighted by Gasteiger charge is 2.17. The molecular formula is C24H21FN2O2. The average molecular weight is 388 g/mol. The molecule has 0 spiro atoms. The van der Waals surface area contributed by atoms with Crippen molar-refractivity contribution in [2.24, 2.45) is 0 Å². The van der Waals surface area contributed by atoms with Gasteiger partial charge in [-0.3, -0.25) is 0 Å². The van der Waals surface area contributed by atoms with Crippen molar-refractivity contribution in [2.45, 2.75) is 20.4 Å². The molecule has 0 aliphatic rings. The van der Waals surface area contributed by atoms with E-state index >= 15 is 0 Å². The lowest BCUT2D eigenvalue weighted by Gasteiger charge is -2.10. The molecule has 0 amide bonds. The molecule has 5 heteroatoms. The number of fused-ring (bicyclic) bond motifs is 1. The Morgan fingerprint density at radius 1 is 1.03 bits per heavy atom. The number of aromatic nitrogens is 2. The van der Waals surface area contributed by atoms with Gasteiger partial charge in [0.15, 0.2) is 0 Å². The van der Waals surface area contributed by atoms with Gasteiger partial charge in [-0.15, -0.1) is 0 Å². The topological polar surface area (TPSA) is 44.1 Å². The Bertz CT molecular complexity index is 1180. The van der Waals surface area contributed by atoms with Gasteiger partial charge < -0.3 is 9.30 Å². The van der Waals surface area contributed by atoms with Gasteiger partial charge in [-0.25, -0.2) is 14.2 Å². The van der Waals surface area contributed by atoms with Gasteiger partial charge >= 0.3 is 5.97 Å². The van der Waals surface area contributed by atoms with Crippen LogP contribution in [0.15, 0.2) is 66.7 Å². The van der Waals surface area contributed by atoms with Gasteiger partial charge in [-0.05, 0) is 43.2 Å². The summed E-state index contributed by atoms with van der Waals surface area (Å²) in [6.45, 7) is 4.25. The second kappa shape index (κ2) is 7.87. The van der Waals surface area contributed by atoms with Crippen LogP contribution >= 0.6 is 0 Å². The van der Waals surface area contributed by atoms with Crippen molar-refractivity contribution < 1.29 is 13.9 Å². The van der Waals surface area contributed by atoms with Gasteiger partial charge in [0.05, 0.1) is 24.2 Å². The zero-order valence-corrected chi connectivity index (χ0v) is 16.4. The minimum Gasteiger partial charge on any atom is -0.462 e. The number of hydrogen-bond acceptors (Lipinski definition) is 3. The normalized spacial score (nSPS) is 11.0. The highest BCUT2D eigenvalue weighted by molar-refractivity contribution is 6.02. The van der Waals surface area contributed by atoms with Crippen LogP contribution in [0, 0.1) is 12.7 Å². The SMILES string of the molecule is CCOC(=O)c1cccc2c1nc(C)n2Cc1ccc(-c2ccccc2)cc1F. The Balaban J connectivity index is 1.71. The van der Waals surface area contributed by atoms with E-state index in [1.807, 2.05) is 54.0 Å². The molecule has 0 aliphatic heterocycles. The first-order chi connectivity index (χ1) is 14.1. The minimum atomic E-state index is -0.402. The Morgan fingerprint density at radius 3 is 2.55 bits per heavy atom. The number of ether oxygens (including phenoxy) is 1. The van der Waals surface area contributed by atoms with Gasteiger partial charge in [-0.2, -0.15) is 0 Å². The number of para-hydroxylation sites is 1. The molecule has 0 aliphatic carbocycles. The summed E-state index contributed by atoms with van der Waals surface area (Å²) in [6, 6.07) is 20.4.